The summed E-state index contributed by atoms with van der Waals surface area (Å²) in [5, 5.41) is 0. The molecule has 0 aliphatic rings. The van der Waals surface area contributed by atoms with Crippen LogP contribution in [-0.4, -0.2) is 20.9 Å². The Morgan fingerprint density at radius 1 is 0.889 bits per heavy atom. The predicted molar refractivity (Wildman–Crippen MR) is 45.2 cm³/mol. The molecule has 0 heterocycles. The van der Waals surface area contributed by atoms with Gasteiger partial charge >= 0.3 is 69.4 Å². The summed E-state index contributed by atoms with van der Waals surface area (Å²) in [5.74, 6) is 0. The Labute approximate surface area is 69.5 Å². The first-order valence-corrected chi connectivity index (χ1v) is 7.29. The Bertz CT molecular complexity index is 37.8. The van der Waals surface area contributed by atoms with E-state index in [2.05, 4.69) is 13.8 Å². The molecule has 0 saturated heterocycles. The molecule has 0 bridgehead atoms. The first kappa shape index (κ1) is 9.79. The summed E-state index contributed by atoms with van der Waals surface area (Å²) in [6, 6.07) is 0. The van der Waals surface area contributed by atoms with Gasteiger partial charge in [-0.15, -0.1) is 0 Å². The van der Waals surface area contributed by atoms with E-state index >= 15 is 0 Å². The van der Waals surface area contributed by atoms with Crippen molar-refractivity contribution in [2.24, 2.45) is 0 Å². The van der Waals surface area contributed by atoms with Gasteiger partial charge in [0.25, 0.3) is 0 Å². The van der Waals surface area contributed by atoms with Gasteiger partial charge in [-0.25, -0.2) is 0 Å². The van der Waals surface area contributed by atoms with E-state index in [0.29, 0.717) is 20.9 Å². The van der Waals surface area contributed by atoms with Crippen LogP contribution < -0.4 is 0 Å². The van der Waals surface area contributed by atoms with Crippen molar-refractivity contribution >= 4 is 20.9 Å². The van der Waals surface area contributed by atoms with Gasteiger partial charge in [0.2, 0.25) is 0 Å². The molecule has 0 spiro atoms. The molecular formula is C8H18Te. The van der Waals surface area contributed by atoms with E-state index in [9.17, 15) is 0 Å². The molecule has 0 nitrogen and oxygen atoms in total. The summed E-state index contributed by atoms with van der Waals surface area (Å²) < 4.78 is 3.17. The van der Waals surface area contributed by atoms with Gasteiger partial charge in [0.05, 0.1) is 0 Å². The number of rotatable bonds is 6. The van der Waals surface area contributed by atoms with Gasteiger partial charge in [0.15, 0.2) is 0 Å². The molecule has 0 amide bonds. The molecule has 1 heteroatoms. The Morgan fingerprint density at radius 3 is 1.67 bits per heavy atom. The molecule has 0 unspecified atom stereocenters. The van der Waals surface area contributed by atoms with E-state index in [4.69, 9.17) is 0 Å². The average Bonchev–Trinajstić information content (AvgIpc) is 1.89. The van der Waals surface area contributed by atoms with Crippen molar-refractivity contribution in [2.45, 2.75) is 48.5 Å². The fourth-order valence-corrected chi connectivity index (χ4v) is 3.99. The fraction of sp³-hybridized carbons (Fsp3) is 1.00. The average molecular weight is 242 g/mol. The molecule has 56 valence electrons. The molecule has 0 aromatic rings. The second-order valence-electron chi connectivity index (χ2n) is 2.32. The molecule has 0 aromatic heterocycles. The molecule has 0 N–H and O–H groups in total. The monoisotopic (exact) mass is 244 g/mol. The molecule has 0 fully saturated rings. The van der Waals surface area contributed by atoms with Crippen molar-refractivity contribution in [3.8, 4) is 0 Å². The van der Waals surface area contributed by atoms with E-state index < -0.39 is 0 Å². The standard InChI is InChI=1S/C8H18Te/c1-3-5-7-9-8-6-4-2/h3-8H2,1-2H3. The zero-order valence-corrected chi connectivity index (χ0v) is 8.98. The van der Waals surface area contributed by atoms with Crippen LogP contribution in [0.2, 0.25) is 8.94 Å². The van der Waals surface area contributed by atoms with E-state index in [1.54, 1.807) is 8.94 Å². The summed E-state index contributed by atoms with van der Waals surface area (Å²) >= 11 is 0.458. The third-order valence-corrected chi connectivity index (χ3v) is 4.58. The van der Waals surface area contributed by atoms with Crippen molar-refractivity contribution in [2.75, 3.05) is 0 Å². The molecule has 0 aromatic carbocycles. The van der Waals surface area contributed by atoms with Crippen molar-refractivity contribution < 1.29 is 0 Å². The summed E-state index contributed by atoms with van der Waals surface area (Å²) in [6.45, 7) is 4.57. The second-order valence-corrected chi connectivity index (χ2v) is 5.82. The Morgan fingerprint density at radius 2 is 1.33 bits per heavy atom. The van der Waals surface area contributed by atoms with Crippen molar-refractivity contribution in [3.05, 3.63) is 0 Å². The SMILES string of the molecule is CCCC[Te]CCCC. The van der Waals surface area contributed by atoms with Gasteiger partial charge in [-0.05, 0) is 0 Å². The Kier molecular flexibility index (Phi) is 9.56. The molecule has 0 atom stereocenters. The maximum atomic E-state index is 2.28. The van der Waals surface area contributed by atoms with Gasteiger partial charge in [0, 0.05) is 0 Å². The summed E-state index contributed by atoms with van der Waals surface area (Å²) in [6.07, 6.45) is 5.78. The topological polar surface area (TPSA) is 0 Å². The Balaban J connectivity index is 2.60. The van der Waals surface area contributed by atoms with Crippen LogP contribution in [0, 0.1) is 0 Å². The van der Waals surface area contributed by atoms with Crippen molar-refractivity contribution in [3.63, 3.8) is 0 Å². The molecule has 9 heavy (non-hydrogen) atoms. The Hall–Kier alpha value is 0.790. The minimum atomic E-state index is 0.458. The third kappa shape index (κ3) is 8.79. The normalized spacial score (nSPS) is 10.0. The van der Waals surface area contributed by atoms with Gasteiger partial charge in [0.1, 0.15) is 0 Å². The van der Waals surface area contributed by atoms with Gasteiger partial charge in [-0.2, -0.15) is 0 Å². The van der Waals surface area contributed by atoms with Crippen LogP contribution in [0.4, 0.5) is 0 Å². The first-order valence-electron chi connectivity index (χ1n) is 3.99. The van der Waals surface area contributed by atoms with E-state index in [1.165, 1.54) is 25.7 Å². The van der Waals surface area contributed by atoms with E-state index in [-0.39, 0.29) is 0 Å². The van der Waals surface area contributed by atoms with Crippen LogP contribution in [0.25, 0.3) is 0 Å². The molecule has 0 aliphatic carbocycles. The van der Waals surface area contributed by atoms with Gasteiger partial charge in [-0.3, -0.25) is 0 Å². The van der Waals surface area contributed by atoms with Crippen LogP contribution in [0.5, 0.6) is 0 Å². The molecule has 0 radical (unpaired) electrons. The van der Waals surface area contributed by atoms with Crippen LogP contribution in [0.15, 0.2) is 0 Å². The quantitative estimate of drug-likeness (QED) is 0.495. The molecule has 0 rings (SSSR count). The summed E-state index contributed by atoms with van der Waals surface area (Å²) in [7, 11) is 0. The maximum absolute atomic E-state index is 2.28. The number of hydrogen-bond donors (Lipinski definition) is 0. The van der Waals surface area contributed by atoms with E-state index in [0.717, 1.165) is 0 Å². The van der Waals surface area contributed by atoms with Crippen LogP contribution >= 0.6 is 0 Å². The van der Waals surface area contributed by atoms with Crippen molar-refractivity contribution in [1.29, 1.82) is 0 Å². The zero-order chi connectivity index (χ0) is 6.95. The molecular weight excluding hydrogens is 224 g/mol. The van der Waals surface area contributed by atoms with Crippen molar-refractivity contribution in [1.82, 2.24) is 0 Å². The molecule has 0 aliphatic heterocycles. The summed E-state index contributed by atoms with van der Waals surface area (Å²) in [5.41, 5.74) is 0. The van der Waals surface area contributed by atoms with Crippen LogP contribution in [-0.2, 0) is 0 Å². The van der Waals surface area contributed by atoms with Crippen LogP contribution in [0.3, 0.4) is 0 Å². The predicted octanol–water partition coefficient (Wildman–Crippen LogP) is 3.13. The van der Waals surface area contributed by atoms with Crippen LogP contribution in [0.1, 0.15) is 39.5 Å². The fourth-order valence-electron chi connectivity index (χ4n) is 0.595. The number of unbranched alkanes of at least 4 members (excludes halogenated alkanes) is 2. The summed E-state index contributed by atoms with van der Waals surface area (Å²) in [4.78, 5) is 0. The third-order valence-electron chi connectivity index (χ3n) is 1.28. The van der Waals surface area contributed by atoms with Gasteiger partial charge < -0.3 is 0 Å². The van der Waals surface area contributed by atoms with E-state index in [1.807, 2.05) is 0 Å². The molecule has 0 saturated carbocycles. The number of hydrogen-bond acceptors (Lipinski definition) is 0. The zero-order valence-electron chi connectivity index (χ0n) is 6.65. The minimum absolute atomic E-state index is 0.458. The second kappa shape index (κ2) is 8.79. The first-order chi connectivity index (χ1) is 4.41. The van der Waals surface area contributed by atoms with Gasteiger partial charge in [-0.1, -0.05) is 0 Å².